The van der Waals surface area contributed by atoms with Crippen LogP contribution in [0.4, 0.5) is 11.4 Å². The molecule has 1 aliphatic carbocycles. The molecule has 6 heteroatoms. The standard InChI is InChI=1S/C15H21N3O3/c1-15(8-2-3-9-15)14(19)17-11-10-16-12-4-6-13(7-5-12)18(20)21/h4-7,16H,2-3,8-11H2,1H3,(H,17,19). The third kappa shape index (κ3) is 3.93. The molecule has 114 valence electrons. The summed E-state index contributed by atoms with van der Waals surface area (Å²) < 4.78 is 0. The van der Waals surface area contributed by atoms with Gasteiger partial charge in [-0.05, 0) is 25.0 Å². The topological polar surface area (TPSA) is 84.3 Å². The summed E-state index contributed by atoms with van der Waals surface area (Å²) in [5.41, 5.74) is 0.679. The fourth-order valence-electron chi connectivity index (χ4n) is 2.68. The molecule has 0 aromatic heterocycles. The van der Waals surface area contributed by atoms with Gasteiger partial charge in [0.2, 0.25) is 5.91 Å². The van der Waals surface area contributed by atoms with Crippen LogP contribution in [-0.2, 0) is 4.79 Å². The van der Waals surface area contributed by atoms with E-state index in [2.05, 4.69) is 10.6 Å². The summed E-state index contributed by atoms with van der Waals surface area (Å²) in [5.74, 6) is 0.130. The number of hydrogen-bond donors (Lipinski definition) is 2. The number of nitrogens with one attached hydrogen (secondary N) is 2. The Kier molecular flexibility index (Phi) is 4.77. The number of hydrogen-bond acceptors (Lipinski definition) is 4. The molecule has 0 heterocycles. The number of nitro groups is 1. The first-order chi connectivity index (χ1) is 10.0. The number of carbonyl (C=O) groups excluding carboxylic acids is 1. The summed E-state index contributed by atoms with van der Waals surface area (Å²) in [5, 5.41) is 16.6. The molecule has 1 aliphatic rings. The minimum atomic E-state index is -0.424. The molecule has 0 unspecified atom stereocenters. The van der Waals surface area contributed by atoms with E-state index in [1.165, 1.54) is 12.1 Å². The molecule has 2 rings (SSSR count). The lowest BCUT2D eigenvalue weighted by Gasteiger charge is -2.22. The molecule has 0 aliphatic heterocycles. The molecule has 0 saturated heterocycles. The van der Waals surface area contributed by atoms with Crippen LogP contribution in [0.3, 0.4) is 0 Å². The van der Waals surface area contributed by atoms with Crippen LogP contribution in [0.25, 0.3) is 0 Å². The van der Waals surface area contributed by atoms with Crippen LogP contribution in [0, 0.1) is 15.5 Å². The summed E-state index contributed by atoms with van der Waals surface area (Å²) in [6, 6.07) is 6.25. The monoisotopic (exact) mass is 291 g/mol. The van der Waals surface area contributed by atoms with Crippen LogP contribution >= 0.6 is 0 Å². The number of amides is 1. The predicted octanol–water partition coefficient (Wildman–Crippen LogP) is 2.70. The van der Waals surface area contributed by atoms with Crippen molar-refractivity contribution in [3.05, 3.63) is 34.4 Å². The van der Waals surface area contributed by atoms with E-state index in [1.807, 2.05) is 6.92 Å². The van der Waals surface area contributed by atoms with Gasteiger partial charge in [0.05, 0.1) is 4.92 Å². The Labute approximate surface area is 124 Å². The van der Waals surface area contributed by atoms with E-state index in [-0.39, 0.29) is 17.0 Å². The normalized spacial score (nSPS) is 16.4. The highest BCUT2D eigenvalue weighted by molar-refractivity contribution is 5.82. The molecule has 1 aromatic rings. The first kappa shape index (κ1) is 15.3. The first-order valence-corrected chi connectivity index (χ1v) is 7.28. The Morgan fingerprint density at radius 1 is 1.24 bits per heavy atom. The molecular weight excluding hydrogens is 270 g/mol. The highest BCUT2D eigenvalue weighted by Gasteiger charge is 2.35. The molecule has 2 N–H and O–H groups in total. The molecule has 1 saturated carbocycles. The van der Waals surface area contributed by atoms with E-state index in [9.17, 15) is 14.9 Å². The van der Waals surface area contributed by atoms with E-state index < -0.39 is 4.92 Å². The van der Waals surface area contributed by atoms with Crippen LogP contribution in [0.15, 0.2) is 24.3 Å². The molecular formula is C15H21N3O3. The van der Waals surface area contributed by atoms with Gasteiger partial charge in [0.1, 0.15) is 0 Å². The van der Waals surface area contributed by atoms with Gasteiger partial charge in [0.25, 0.3) is 5.69 Å². The van der Waals surface area contributed by atoms with Crippen molar-refractivity contribution in [2.45, 2.75) is 32.6 Å². The highest BCUT2D eigenvalue weighted by Crippen LogP contribution is 2.37. The van der Waals surface area contributed by atoms with Crippen molar-refractivity contribution in [2.75, 3.05) is 18.4 Å². The largest absolute Gasteiger partial charge is 0.383 e. The third-order valence-electron chi connectivity index (χ3n) is 4.07. The number of nitro benzene ring substituents is 1. The maximum Gasteiger partial charge on any atom is 0.269 e. The Morgan fingerprint density at radius 3 is 2.43 bits per heavy atom. The third-order valence-corrected chi connectivity index (χ3v) is 4.07. The van der Waals surface area contributed by atoms with Crippen molar-refractivity contribution in [3.63, 3.8) is 0 Å². The molecule has 6 nitrogen and oxygen atoms in total. The van der Waals surface area contributed by atoms with Gasteiger partial charge in [-0.1, -0.05) is 19.8 Å². The quantitative estimate of drug-likeness (QED) is 0.479. The first-order valence-electron chi connectivity index (χ1n) is 7.28. The number of rotatable bonds is 6. The second-order valence-electron chi connectivity index (χ2n) is 5.75. The van der Waals surface area contributed by atoms with Crippen LogP contribution in [-0.4, -0.2) is 23.9 Å². The Hall–Kier alpha value is -2.11. The number of carbonyl (C=O) groups is 1. The molecule has 1 amide bonds. The lowest BCUT2D eigenvalue weighted by molar-refractivity contribution is -0.384. The van der Waals surface area contributed by atoms with Crippen molar-refractivity contribution in [1.29, 1.82) is 0 Å². The Bertz CT molecular complexity index is 507. The van der Waals surface area contributed by atoms with Crippen molar-refractivity contribution in [2.24, 2.45) is 5.41 Å². The van der Waals surface area contributed by atoms with Crippen molar-refractivity contribution in [3.8, 4) is 0 Å². The van der Waals surface area contributed by atoms with E-state index in [0.717, 1.165) is 31.4 Å². The molecule has 21 heavy (non-hydrogen) atoms. The van der Waals surface area contributed by atoms with Crippen molar-refractivity contribution >= 4 is 17.3 Å². The predicted molar refractivity (Wildman–Crippen MR) is 81.2 cm³/mol. The fraction of sp³-hybridized carbons (Fsp3) is 0.533. The average molecular weight is 291 g/mol. The number of non-ortho nitro benzene ring substituents is 1. The molecule has 0 radical (unpaired) electrons. The molecule has 0 atom stereocenters. The summed E-state index contributed by atoms with van der Waals surface area (Å²) in [6.07, 6.45) is 4.19. The van der Waals surface area contributed by atoms with Crippen LogP contribution in [0.1, 0.15) is 32.6 Å². The summed E-state index contributed by atoms with van der Waals surface area (Å²) in [6.45, 7) is 3.17. The van der Waals surface area contributed by atoms with Gasteiger partial charge in [0.15, 0.2) is 0 Å². The van der Waals surface area contributed by atoms with Crippen LogP contribution in [0.2, 0.25) is 0 Å². The Morgan fingerprint density at radius 2 is 1.86 bits per heavy atom. The zero-order valence-electron chi connectivity index (χ0n) is 12.2. The fourth-order valence-corrected chi connectivity index (χ4v) is 2.68. The van der Waals surface area contributed by atoms with Crippen molar-refractivity contribution < 1.29 is 9.72 Å². The summed E-state index contributed by atoms with van der Waals surface area (Å²) in [4.78, 5) is 22.2. The highest BCUT2D eigenvalue weighted by atomic mass is 16.6. The lowest BCUT2D eigenvalue weighted by atomic mass is 9.88. The smallest absolute Gasteiger partial charge is 0.269 e. The maximum absolute atomic E-state index is 12.1. The summed E-state index contributed by atoms with van der Waals surface area (Å²) >= 11 is 0. The van der Waals surface area contributed by atoms with Gasteiger partial charge in [0, 0.05) is 36.3 Å². The van der Waals surface area contributed by atoms with Gasteiger partial charge in [-0.3, -0.25) is 14.9 Å². The molecule has 0 spiro atoms. The van der Waals surface area contributed by atoms with E-state index >= 15 is 0 Å². The lowest BCUT2D eigenvalue weighted by Crippen LogP contribution is -2.39. The molecule has 1 aromatic carbocycles. The number of anilines is 1. The van der Waals surface area contributed by atoms with Gasteiger partial charge in [-0.15, -0.1) is 0 Å². The van der Waals surface area contributed by atoms with Crippen molar-refractivity contribution in [1.82, 2.24) is 5.32 Å². The zero-order valence-corrected chi connectivity index (χ0v) is 12.2. The molecule has 1 fully saturated rings. The van der Waals surface area contributed by atoms with Crippen LogP contribution in [0.5, 0.6) is 0 Å². The molecule has 0 bridgehead atoms. The maximum atomic E-state index is 12.1. The number of benzene rings is 1. The van der Waals surface area contributed by atoms with Gasteiger partial charge < -0.3 is 10.6 Å². The second kappa shape index (κ2) is 6.56. The zero-order chi connectivity index (χ0) is 15.3. The van der Waals surface area contributed by atoms with E-state index in [0.29, 0.717) is 13.1 Å². The summed E-state index contributed by atoms with van der Waals surface area (Å²) in [7, 11) is 0. The van der Waals surface area contributed by atoms with Gasteiger partial charge in [-0.25, -0.2) is 0 Å². The van der Waals surface area contributed by atoms with Gasteiger partial charge >= 0.3 is 0 Å². The van der Waals surface area contributed by atoms with E-state index in [1.54, 1.807) is 12.1 Å². The van der Waals surface area contributed by atoms with E-state index in [4.69, 9.17) is 0 Å². The minimum absolute atomic E-state index is 0.0722. The second-order valence-corrected chi connectivity index (χ2v) is 5.75. The SMILES string of the molecule is CC1(C(=O)NCCNc2ccc([N+](=O)[O-])cc2)CCCC1. The van der Waals surface area contributed by atoms with Crippen LogP contribution < -0.4 is 10.6 Å². The Balaban J connectivity index is 1.72. The van der Waals surface area contributed by atoms with Gasteiger partial charge in [-0.2, -0.15) is 0 Å². The number of nitrogens with zero attached hydrogens (tertiary/aromatic N) is 1. The minimum Gasteiger partial charge on any atom is -0.383 e. The average Bonchev–Trinajstić information content (AvgIpc) is 2.92.